The van der Waals surface area contributed by atoms with Crippen molar-refractivity contribution in [1.29, 1.82) is 0 Å². The summed E-state index contributed by atoms with van der Waals surface area (Å²) in [6.45, 7) is 2.46. The van der Waals surface area contributed by atoms with Crippen molar-refractivity contribution < 1.29 is 9.53 Å². The minimum atomic E-state index is -1.54. The maximum Gasteiger partial charge on any atom is 0.409 e. The van der Waals surface area contributed by atoms with Crippen molar-refractivity contribution in [3.8, 4) is 0 Å². The van der Waals surface area contributed by atoms with Crippen LogP contribution in [0.5, 0.6) is 0 Å². The topological polar surface area (TPSA) is 29.5 Å². The lowest BCUT2D eigenvalue weighted by Crippen LogP contribution is -2.30. The molecule has 0 fully saturated rings. The van der Waals surface area contributed by atoms with Gasteiger partial charge in [0.05, 0.1) is 0 Å². The molecule has 14 heavy (non-hydrogen) atoms. The van der Waals surface area contributed by atoms with Gasteiger partial charge in [-0.2, -0.15) is 0 Å². The normalized spacial score (nSPS) is 11.2. The Morgan fingerprint density at radius 3 is 2.43 bits per heavy atom. The van der Waals surface area contributed by atoms with Crippen LogP contribution in [0.3, 0.4) is 0 Å². The predicted molar refractivity (Wildman–Crippen MR) is 59.2 cm³/mol. The van der Waals surface area contributed by atoms with Crippen LogP contribution in [-0.2, 0) is 4.74 Å². The van der Waals surface area contributed by atoms with Crippen molar-refractivity contribution in [3.05, 3.63) is 0 Å². The standard InChI is InChI=1S/C8H14Cl3NO2/c1-3-4-5-12(2)7(13)14-6-8(9,10)11/h3-6H2,1-2H3. The maximum absolute atomic E-state index is 11.2. The number of carbonyl (C=O) groups is 1. The van der Waals surface area contributed by atoms with Crippen LogP contribution in [0.1, 0.15) is 19.8 Å². The Hall–Kier alpha value is 0.140. The second kappa shape index (κ2) is 6.59. The van der Waals surface area contributed by atoms with Gasteiger partial charge in [0.15, 0.2) is 0 Å². The molecule has 3 nitrogen and oxygen atoms in total. The number of carbonyl (C=O) groups excluding carboxylic acids is 1. The minimum absolute atomic E-state index is 0.229. The van der Waals surface area contributed by atoms with E-state index in [2.05, 4.69) is 0 Å². The third-order valence-electron chi connectivity index (χ3n) is 1.52. The summed E-state index contributed by atoms with van der Waals surface area (Å²) in [7, 11) is 1.65. The number of hydrogen-bond donors (Lipinski definition) is 0. The average molecular weight is 263 g/mol. The van der Waals surface area contributed by atoms with Crippen LogP contribution in [0, 0.1) is 0 Å². The van der Waals surface area contributed by atoms with Gasteiger partial charge in [0.1, 0.15) is 6.61 Å². The summed E-state index contributed by atoms with van der Waals surface area (Å²) >= 11 is 16.3. The molecule has 0 aromatic rings. The number of halogens is 3. The van der Waals surface area contributed by atoms with Crippen LogP contribution in [0.25, 0.3) is 0 Å². The molecule has 1 amide bonds. The Bertz CT molecular complexity index is 182. The number of rotatable bonds is 4. The molecule has 0 unspecified atom stereocenters. The summed E-state index contributed by atoms with van der Waals surface area (Å²) in [5, 5.41) is 0. The van der Waals surface area contributed by atoms with Crippen molar-refractivity contribution in [2.24, 2.45) is 0 Å². The number of nitrogens with zero attached hydrogens (tertiary/aromatic N) is 1. The molecular formula is C8H14Cl3NO2. The van der Waals surface area contributed by atoms with Gasteiger partial charge in [-0.25, -0.2) is 4.79 Å². The molecule has 0 rings (SSSR count). The highest BCUT2D eigenvalue weighted by molar-refractivity contribution is 6.67. The molecule has 0 aliphatic rings. The highest BCUT2D eigenvalue weighted by Gasteiger charge is 2.23. The molecule has 0 heterocycles. The molecule has 0 aromatic carbocycles. The lowest BCUT2D eigenvalue weighted by atomic mass is 10.3. The Morgan fingerprint density at radius 2 is 2.00 bits per heavy atom. The molecule has 0 spiro atoms. The number of hydrogen-bond acceptors (Lipinski definition) is 2. The number of unbranched alkanes of at least 4 members (excludes halogenated alkanes) is 1. The molecule has 0 saturated heterocycles. The largest absolute Gasteiger partial charge is 0.445 e. The fraction of sp³-hybridized carbons (Fsp3) is 0.875. The molecule has 0 N–H and O–H groups in total. The van der Waals surface area contributed by atoms with Crippen LogP contribution in [-0.4, -0.2) is 35.0 Å². The van der Waals surface area contributed by atoms with Gasteiger partial charge in [-0.15, -0.1) is 0 Å². The molecule has 0 bridgehead atoms. The summed E-state index contributed by atoms with van der Waals surface area (Å²) < 4.78 is 3.22. The summed E-state index contributed by atoms with van der Waals surface area (Å²) in [6, 6.07) is 0. The van der Waals surface area contributed by atoms with E-state index in [0.29, 0.717) is 6.54 Å². The van der Waals surface area contributed by atoms with Gasteiger partial charge >= 0.3 is 6.09 Å². The summed E-state index contributed by atoms with van der Waals surface area (Å²) in [4.78, 5) is 12.7. The third-order valence-corrected chi connectivity index (χ3v) is 1.85. The lowest BCUT2D eigenvalue weighted by molar-refractivity contribution is 0.112. The van der Waals surface area contributed by atoms with Crippen LogP contribution in [0.4, 0.5) is 4.79 Å². The second-order valence-electron chi connectivity index (χ2n) is 2.94. The first-order chi connectivity index (χ1) is 6.37. The van der Waals surface area contributed by atoms with E-state index >= 15 is 0 Å². The minimum Gasteiger partial charge on any atom is -0.445 e. The predicted octanol–water partition coefficient (Wildman–Crippen LogP) is 3.23. The van der Waals surface area contributed by atoms with E-state index in [1.165, 1.54) is 4.90 Å². The first-order valence-corrected chi connectivity index (χ1v) is 5.45. The molecule has 0 saturated carbocycles. The average Bonchev–Trinajstić information content (AvgIpc) is 2.09. The van der Waals surface area contributed by atoms with Crippen LogP contribution >= 0.6 is 34.8 Å². The molecule has 84 valence electrons. The maximum atomic E-state index is 11.2. The van der Waals surface area contributed by atoms with Gasteiger partial charge < -0.3 is 9.64 Å². The number of alkyl halides is 3. The molecule has 0 radical (unpaired) electrons. The Kier molecular flexibility index (Phi) is 6.66. The monoisotopic (exact) mass is 261 g/mol. The van der Waals surface area contributed by atoms with Crippen molar-refractivity contribution in [2.45, 2.75) is 23.6 Å². The van der Waals surface area contributed by atoms with E-state index < -0.39 is 9.89 Å². The SMILES string of the molecule is CCCCN(C)C(=O)OCC(Cl)(Cl)Cl. The molecule has 0 atom stereocenters. The Balaban J connectivity index is 3.73. The van der Waals surface area contributed by atoms with E-state index in [1.807, 2.05) is 6.92 Å². The summed E-state index contributed by atoms with van der Waals surface area (Å²) in [5.41, 5.74) is 0. The molecular weight excluding hydrogens is 248 g/mol. The van der Waals surface area contributed by atoms with E-state index in [-0.39, 0.29) is 6.61 Å². The van der Waals surface area contributed by atoms with Crippen molar-refractivity contribution in [2.75, 3.05) is 20.2 Å². The number of ether oxygens (including phenoxy) is 1. The zero-order valence-corrected chi connectivity index (χ0v) is 10.5. The van der Waals surface area contributed by atoms with Crippen molar-refractivity contribution in [3.63, 3.8) is 0 Å². The fourth-order valence-electron chi connectivity index (χ4n) is 0.740. The van der Waals surface area contributed by atoms with Crippen molar-refractivity contribution >= 4 is 40.9 Å². The van der Waals surface area contributed by atoms with E-state index in [9.17, 15) is 4.79 Å². The number of amides is 1. The van der Waals surface area contributed by atoms with E-state index in [1.54, 1.807) is 7.05 Å². The van der Waals surface area contributed by atoms with Crippen LogP contribution in [0.15, 0.2) is 0 Å². The van der Waals surface area contributed by atoms with Crippen molar-refractivity contribution in [1.82, 2.24) is 4.90 Å². The molecule has 0 aliphatic heterocycles. The summed E-state index contributed by atoms with van der Waals surface area (Å²) in [6.07, 6.45) is 1.48. The van der Waals surface area contributed by atoms with Crippen LogP contribution in [0.2, 0.25) is 0 Å². The first kappa shape index (κ1) is 14.1. The molecule has 0 aliphatic carbocycles. The van der Waals surface area contributed by atoms with Gasteiger partial charge in [-0.3, -0.25) is 0 Å². The highest BCUT2D eigenvalue weighted by Crippen LogP contribution is 2.26. The van der Waals surface area contributed by atoms with Crippen LogP contribution < -0.4 is 0 Å². The smallest absolute Gasteiger partial charge is 0.409 e. The van der Waals surface area contributed by atoms with Gasteiger partial charge in [-0.1, -0.05) is 48.1 Å². The second-order valence-corrected chi connectivity index (χ2v) is 5.46. The molecule has 0 aromatic heterocycles. The van der Waals surface area contributed by atoms with Gasteiger partial charge in [0.2, 0.25) is 3.79 Å². The Morgan fingerprint density at radius 1 is 1.43 bits per heavy atom. The van der Waals surface area contributed by atoms with Gasteiger partial charge in [0.25, 0.3) is 0 Å². The third kappa shape index (κ3) is 7.54. The van der Waals surface area contributed by atoms with E-state index in [0.717, 1.165) is 12.8 Å². The highest BCUT2D eigenvalue weighted by atomic mass is 35.6. The Labute approximate surface area is 99.2 Å². The molecule has 6 heteroatoms. The zero-order chi connectivity index (χ0) is 11.2. The van der Waals surface area contributed by atoms with Gasteiger partial charge in [0, 0.05) is 13.6 Å². The zero-order valence-electron chi connectivity index (χ0n) is 8.23. The summed E-state index contributed by atoms with van der Waals surface area (Å²) in [5.74, 6) is 0. The lowest BCUT2D eigenvalue weighted by Gasteiger charge is -2.18. The van der Waals surface area contributed by atoms with E-state index in [4.69, 9.17) is 39.5 Å². The quantitative estimate of drug-likeness (QED) is 0.728. The first-order valence-electron chi connectivity index (χ1n) is 4.31. The van der Waals surface area contributed by atoms with Gasteiger partial charge in [-0.05, 0) is 6.42 Å². The fourth-order valence-corrected chi connectivity index (χ4v) is 0.904.